The average Bonchev–Trinajstić information content (AvgIpc) is 2.57. The van der Waals surface area contributed by atoms with Crippen LogP contribution in [0.5, 0.6) is 0 Å². The van der Waals surface area contributed by atoms with Gasteiger partial charge >= 0.3 is 0 Å². The molecule has 0 aromatic heterocycles. The summed E-state index contributed by atoms with van der Waals surface area (Å²) in [5.41, 5.74) is 8.60. The summed E-state index contributed by atoms with van der Waals surface area (Å²) in [6.45, 7) is 11.5. The Morgan fingerprint density at radius 3 is 2.54 bits per heavy atom. The summed E-state index contributed by atoms with van der Waals surface area (Å²) < 4.78 is 5.49. The minimum Gasteiger partial charge on any atom is -0.379 e. The van der Waals surface area contributed by atoms with Gasteiger partial charge in [0, 0.05) is 19.6 Å². The van der Waals surface area contributed by atoms with E-state index < -0.39 is 0 Å². The molecular formula is C19H32N4O. The first-order valence-electron chi connectivity index (χ1n) is 8.98. The second kappa shape index (κ2) is 9.64. The largest absolute Gasteiger partial charge is 0.379 e. The van der Waals surface area contributed by atoms with Gasteiger partial charge in [0.1, 0.15) is 0 Å². The van der Waals surface area contributed by atoms with E-state index in [1.54, 1.807) is 0 Å². The Morgan fingerprint density at radius 2 is 1.92 bits per heavy atom. The van der Waals surface area contributed by atoms with Crippen LogP contribution in [0.25, 0.3) is 0 Å². The van der Waals surface area contributed by atoms with Crippen molar-refractivity contribution in [3.8, 4) is 0 Å². The first kappa shape index (κ1) is 18.7. The smallest absolute Gasteiger partial charge is 0.188 e. The predicted molar refractivity (Wildman–Crippen MR) is 100 cm³/mol. The molecule has 0 aliphatic carbocycles. The molecule has 1 aliphatic rings. The van der Waals surface area contributed by atoms with Crippen LogP contribution in [0.2, 0.25) is 0 Å². The van der Waals surface area contributed by atoms with E-state index in [-0.39, 0.29) is 6.04 Å². The molecule has 1 aromatic rings. The maximum absolute atomic E-state index is 6.04. The molecule has 0 amide bonds. The monoisotopic (exact) mass is 332 g/mol. The standard InChI is InChI=1S/C19H32N4O/c1-15(2)8-9-21-19(20)22-14-18(23-10-12-24-13-11-23)17-6-4-16(3)5-7-17/h4-7,15,18H,8-14H2,1-3H3,(H3,20,21,22). The molecule has 1 aliphatic heterocycles. The van der Waals surface area contributed by atoms with E-state index in [9.17, 15) is 0 Å². The molecule has 2 rings (SSSR count). The van der Waals surface area contributed by atoms with Gasteiger partial charge in [0.2, 0.25) is 0 Å². The second-order valence-electron chi connectivity index (χ2n) is 6.91. The third kappa shape index (κ3) is 6.13. The fourth-order valence-electron chi connectivity index (χ4n) is 2.84. The quantitative estimate of drug-likeness (QED) is 0.594. The molecule has 0 bridgehead atoms. The van der Waals surface area contributed by atoms with Crippen LogP contribution in [0.1, 0.15) is 37.4 Å². The minimum absolute atomic E-state index is 0.250. The minimum atomic E-state index is 0.250. The molecule has 5 nitrogen and oxygen atoms in total. The summed E-state index contributed by atoms with van der Waals surface area (Å²) in [5.74, 6) is 1.21. The van der Waals surface area contributed by atoms with Crippen molar-refractivity contribution in [3.05, 3.63) is 35.4 Å². The van der Waals surface area contributed by atoms with Gasteiger partial charge in [0.25, 0.3) is 0 Å². The van der Waals surface area contributed by atoms with Crippen molar-refractivity contribution in [1.29, 1.82) is 0 Å². The first-order chi connectivity index (χ1) is 11.6. The lowest BCUT2D eigenvalue weighted by Crippen LogP contribution is -2.41. The zero-order chi connectivity index (χ0) is 17.4. The van der Waals surface area contributed by atoms with E-state index in [0.717, 1.165) is 39.3 Å². The first-order valence-corrected chi connectivity index (χ1v) is 8.98. The van der Waals surface area contributed by atoms with Crippen molar-refractivity contribution in [2.75, 3.05) is 39.4 Å². The van der Waals surface area contributed by atoms with Crippen molar-refractivity contribution in [2.45, 2.75) is 33.2 Å². The third-order valence-electron chi connectivity index (χ3n) is 4.41. The molecular weight excluding hydrogens is 300 g/mol. The van der Waals surface area contributed by atoms with Crippen LogP contribution < -0.4 is 11.1 Å². The van der Waals surface area contributed by atoms with Gasteiger partial charge in [-0.3, -0.25) is 9.89 Å². The second-order valence-corrected chi connectivity index (χ2v) is 6.91. The number of morpholine rings is 1. The molecule has 1 atom stereocenters. The predicted octanol–water partition coefficient (Wildman–Crippen LogP) is 2.32. The summed E-state index contributed by atoms with van der Waals surface area (Å²) >= 11 is 0. The van der Waals surface area contributed by atoms with E-state index in [2.05, 4.69) is 60.2 Å². The number of aliphatic imine (C=N–C) groups is 1. The maximum atomic E-state index is 6.04. The molecule has 0 saturated carbocycles. The highest BCUT2D eigenvalue weighted by molar-refractivity contribution is 5.77. The van der Waals surface area contributed by atoms with Gasteiger partial charge in [-0.2, -0.15) is 0 Å². The highest BCUT2D eigenvalue weighted by Crippen LogP contribution is 2.22. The number of nitrogens with two attached hydrogens (primary N) is 1. The van der Waals surface area contributed by atoms with Crippen molar-refractivity contribution in [1.82, 2.24) is 10.2 Å². The summed E-state index contributed by atoms with van der Waals surface area (Å²) in [6.07, 6.45) is 1.10. The highest BCUT2D eigenvalue weighted by atomic mass is 16.5. The number of hydrogen-bond donors (Lipinski definition) is 2. The number of nitrogens with one attached hydrogen (secondary N) is 1. The summed E-state index contributed by atoms with van der Waals surface area (Å²) in [7, 11) is 0. The summed E-state index contributed by atoms with van der Waals surface area (Å²) in [4.78, 5) is 7.04. The Morgan fingerprint density at radius 1 is 1.25 bits per heavy atom. The Balaban J connectivity index is 2.01. The molecule has 24 heavy (non-hydrogen) atoms. The van der Waals surface area contributed by atoms with E-state index in [1.807, 2.05) is 0 Å². The Kier molecular flexibility index (Phi) is 7.53. The van der Waals surface area contributed by atoms with Gasteiger partial charge in [-0.05, 0) is 24.8 Å². The molecule has 1 aromatic carbocycles. The molecule has 3 N–H and O–H groups in total. The van der Waals surface area contributed by atoms with Crippen molar-refractivity contribution < 1.29 is 4.74 Å². The lowest BCUT2D eigenvalue weighted by Gasteiger charge is -2.34. The molecule has 1 fully saturated rings. The molecule has 134 valence electrons. The molecule has 0 radical (unpaired) electrons. The molecule has 5 heteroatoms. The van der Waals surface area contributed by atoms with Gasteiger partial charge in [-0.15, -0.1) is 0 Å². The van der Waals surface area contributed by atoms with Gasteiger partial charge in [-0.25, -0.2) is 0 Å². The van der Waals surface area contributed by atoms with Gasteiger partial charge in [0.05, 0.1) is 25.8 Å². The zero-order valence-corrected chi connectivity index (χ0v) is 15.3. The van der Waals surface area contributed by atoms with Crippen LogP contribution in [0, 0.1) is 12.8 Å². The van der Waals surface area contributed by atoms with Crippen molar-refractivity contribution in [2.24, 2.45) is 16.6 Å². The number of guanidine groups is 1. The van der Waals surface area contributed by atoms with Gasteiger partial charge < -0.3 is 15.8 Å². The number of aryl methyl sites for hydroxylation is 1. The summed E-state index contributed by atoms with van der Waals surface area (Å²) in [6, 6.07) is 8.98. The summed E-state index contributed by atoms with van der Waals surface area (Å²) in [5, 5.41) is 3.22. The van der Waals surface area contributed by atoms with Crippen molar-refractivity contribution in [3.63, 3.8) is 0 Å². The number of hydrogen-bond acceptors (Lipinski definition) is 3. The number of nitrogens with zero attached hydrogens (tertiary/aromatic N) is 2. The average molecular weight is 332 g/mol. The fraction of sp³-hybridized carbons (Fsp3) is 0.632. The van der Waals surface area contributed by atoms with Crippen LogP contribution in [-0.2, 0) is 4.74 Å². The topological polar surface area (TPSA) is 62.9 Å². The molecule has 0 spiro atoms. The SMILES string of the molecule is Cc1ccc(C(CN=C(N)NCCC(C)C)N2CCOCC2)cc1. The third-order valence-corrected chi connectivity index (χ3v) is 4.41. The lowest BCUT2D eigenvalue weighted by molar-refractivity contribution is 0.0180. The van der Waals surface area contributed by atoms with E-state index in [1.165, 1.54) is 11.1 Å². The van der Waals surface area contributed by atoms with Gasteiger partial charge in [0.15, 0.2) is 5.96 Å². The van der Waals surface area contributed by atoms with Crippen LogP contribution >= 0.6 is 0 Å². The van der Waals surface area contributed by atoms with Crippen LogP contribution in [-0.4, -0.2) is 50.3 Å². The Labute approximate surface area is 146 Å². The molecule has 1 heterocycles. The lowest BCUT2D eigenvalue weighted by atomic mass is 10.0. The number of benzene rings is 1. The van der Waals surface area contributed by atoms with Crippen LogP contribution in [0.4, 0.5) is 0 Å². The zero-order valence-electron chi connectivity index (χ0n) is 15.3. The van der Waals surface area contributed by atoms with Crippen LogP contribution in [0.3, 0.4) is 0 Å². The maximum Gasteiger partial charge on any atom is 0.188 e. The van der Waals surface area contributed by atoms with E-state index in [0.29, 0.717) is 18.4 Å². The number of ether oxygens (including phenoxy) is 1. The van der Waals surface area contributed by atoms with E-state index in [4.69, 9.17) is 10.5 Å². The number of rotatable bonds is 7. The van der Waals surface area contributed by atoms with Gasteiger partial charge in [-0.1, -0.05) is 43.7 Å². The molecule has 1 unspecified atom stereocenters. The van der Waals surface area contributed by atoms with E-state index >= 15 is 0 Å². The Bertz CT molecular complexity index is 507. The highest BCUT2D eigenvalue weighted by Gasteiger charge is 2.22. The molecule has 1 saturated heterocycles. The van der Waals surface area contributed by atoms with Crippen LogP contribution in [0.15, 0.2) is 29.3 Å². The van der Waals surface area contributed by atoms with Crippen molar-refractivity contribution >= 4 is 5.96 Å². The normalized spacial score (nSPS) is 17.9. The Hall–Kier alpha value is -1.59. The fourth-order valence-corrected chi connectivity index (χ4v) is 2.84.